The molecule has 0 amide bonds. The molecule has 1 unspecified atom stereocenters. The Hall–Kier alpha value is -2.51. The van der Waals surface area contributed by atoms with Crippen LogP contribution in [-0.4, -0.2) is 38.7 Å². The van der Waals surface area contributed by atoms with E-state index < -0.39 is 0 Å². The zero-order chi connectivity index (χ0) is 19.7. The highest BCUT2D eigenvalue weighted by atomic mass is 35.5. The summed E-state index contributed by atoms with van der Waals surface area (Å²) in [4.78, 5) is 15.0. The molecule has 3 aromatic rings. The summed E-state index contributed by atoms with van der Waals surface area (Å²) >= 11 is 12.3. The molecule has 1 aliphatic heterocycles. The maximum Gasteiger partial charge on any atom is 0.292 e. The van der Waals surface area contributed by atoms with Gasteiger partial charge in [-0.1, -0.05) is 23.2 Å². The number of nitrogens with zero attached hydrogens (tertiary/aromatic N) is 5. The van der Waals surface area contributed by atoms with Gasteiger partial charge in [0.25, 0.3) is 5.56 Å². The molecule has 3 heterocycles. The van der Waals surface area contributed by atoms with Crippen LogP contribution in [0.2, 0.25) is 10.0 Å². The predicted octanol–water partition coefficient (Wildman–Crippen LogP) is 3.35. The number of rotatable bonds is 4. The second-order valence-electron chi connectivity index (χ2n) is 6.87. The fraction of sp³-hybridized carbons (Fsp3) is 0.316. The van der Waals surface area contributed by atoms with Crippen molar-refractivity contribution in [1.29, 1.82) is 0 Å². The molecule has 2 aromatic heterocycles. The van der Waals surface area contributed by atoms with Crippen LogP contribution in [0.15, 0.2) is 47.7 Å². The van der Waals surface area contributed by atoms with Gasteiger partial charge in [0, 0.05) is 37.4 Å². The number of aryl methyl sites for hydroxylation is 1. The van der Waals surface area contributed by atoms with Gasteiger partial charge in [0.15, 0.2) is 0 Å². The number of anilines is 2. The first-order chi connectivity index (χ1) is 13.5. The van der Waals surface area contributed by atoms with Crippen molar-refractivity contribution in [3.8, 4) is 5.69 Å². The molecular formula is C19H20Cl2N6O. The lowest BCUT2D eigenvalue weighted by atomic mass is 10.1. The van der Waals surface area contributed by atoms with Crippen molar-refractivity contribution in [2.75, 3.05) is 23.3 Å². The topological polar surface area (TPSA) is 68.0 Å². The van der Waals surface area contributed by atoms with Crippen LogP contribution in [0, 0.1) is 0 Å². The zero-order valence-corrected chi connectivity index (χ0v) is 16.9. The Labute approximate surface area is 172 Å². The SMILES string of the molecule is Cn1cc(N2CCCC(Nc3cnn(-c4ccc(Cl)cc4)c(=O)c3Cl)C2)cn1. The van der Waals surface area contributed by atoms with E-state index in [1.807, 2.05) is 19.4 Å². The molecule has 1 atom stereocenters. The molecule has 0 bridgehead atoms. The van der Waals surface area contributed by atoms with E-state index in [-0.39, 0.29) is 16.6 Å². The van der Waals surface area contributed by atoms with Gasteiger partial charge in [-0.25, -0.2) is 0 Å². The lowest BCUT2D eigenvalue weighted by Gasteiger charge is -2.34. The number of hydrogen-bond donors (Lipinski definition) is 1. The van der Waals surface area contributed by atoms with Gasteiger partial charge in [0.05, 0.1) is 29.5 Å². The largest absolute Gasteiger partial charge is 0.378 e. The molecule has 4 rings (SSSR count). The van der Waals surface area contributed by atoms with Crippen molar-refractivity contribution < 1.29 is 0 Å². The van der Waals surface area contributed by atoms with Crippen LogP contribution in [0.1, 0.15) is 12.8 Å². The molecule has 28 heavy (non-hydrogen) atoms. The minimum absolute atomic E-state index is 0.128. The Kier molecular flexibility index (Phi) is 5.28. The summed E-state index contributed by atoms with van der Waals surface area (Å²) in [7, 11) is 1.91. The first-order valence-corrected chi connectivity index (χ1v) is 9.81. The Morgan fingerprint density at radius 3 is 2.61 bits per heavy atom. The standard InChI is InChI=1S/C19H20Cl2N6O/c1-25-12-16(9-22-25)26-8-2-3-14(11-26)24-17-10-23-27(19(28)18(17)21)15-6-4-13(20)5-7-15/h4-7,9-10,12,14,24H,2-3,8,11H2,1H3. The van der Waals surface area contributed by atoms with E-state index in [4.69, 9.17) is 23.2 Å². The molecule has 0 radical (unpaired) electrons. The molecule has 0 saturated carbocycles. The highest BCUT2D eigenvalue weighted by Gasteiger charge is 2.22. The van der Waals surface area contributed by atoms with Crippen molar-refractivity contribution in [2.24, 2.45) is 7.05 Å². The first-order valence-electron chi connectivity index (χ1n) is 9.05. The van der Waals surface area contributed by atoms with Crippen LogP contribution in [0.25, 0.3) is 5.69 Å². The normalized spacial score (nSPS) is 17.0. The number of benzene rings is 1. The van der Waals surface area contributed by atoms with E-state index in [1.165, 1.54) is 4.68 Å². The number of piperidine rings is 1. The second-order valence-corrected chi connectivity index (χ2v) is 7.68. The molecule has 146 valence electrons. The summed E-state index contributed by atoms with van der Waals surface area (Å²) < 4.78 is 3.07. The minimum atomic E-state index is -0.367. The summed E-state index contributed by atoms with van der Waals surface area (Å²) in [6.45, 7) is 1.79. The summed E-state index contributed by atoms with van der Waals surface area (Å²) in [6, 6.07) is 7.04. The summed E-state index contributed by atoms with van der Waals surface area (Å²) in [5.74, 6) is 0. The average Bonchev–Trinajstić information content (AvgIpc) is 3.13. The predicted molar refractivity (Wildman–Crippen MR) is 112 cm³/mol. The minimum Gasteiger partial charge on any atom is -0.378 e. The van der Waals surface area contributed by atoms with Gasteiger partial charge in [-0.3, -0.25) is 9.48 Å². The maximum absolute atomic E-state index is 12.7. The van der Waals surface area contributed by atoms with Crippen molar-refractivity contribution in [3.63, 3.8) is 0 Å². The first kappa shape index (κ1) is 18.8. The fourth-order valence-corrected chi connectivity index (χ4v) is 3.73. The Morgan fingerprint density at radius 1 is 1.11 bits per heavy atom. The van der Waals surface area contributed by atoms with Crippen LogP contribution >= 0.6 is 23.2 Å². The van der Waals surface area contributed by atoms with E-state index in [2.05, 4.69) is 20.4 Å². The third-order valence-electron chi connectivity index (χ3n) is 4.83. The van der Waals surface area contributed by atoms with Gasteiger partial charge < -0.3 is 10.2 Å². The van der Waals surface area contributed by atoms with Crippen LogP contribution in [0.5, 0.6) is 0 Å². The Balaban J connectivity index is 1.52. The molecule has 1 aliphatic rings. The third-order valence-corrected chi connectivity index (χ3v) is 5.44. The van der Waals surface area contributed by atoms with Crippen molar-refractivity contribution >= 4 is 34.6 Å². The number of hydrogen-bond acceptors (Lipinski definition) is 5. The zero-order valence-electron chi connectivity index (χ0n) is 15.3. The van der Waals surface area contributed by atoms with E-state index in [0.29, 0.717) is 16.4 Å². The summed E-state index contributed by atoms with van der Waals surface area (Å²) in [6.07, 6.45) is 7.50. The highest BCUT2D eigenvalue weighted by molar-refractivity contribution is 6.33. The quantitative estimate of drug-likeness (QED) is 0.703. The van der Waals surface area contributed by atoms with Crippen LogP contribution in [0.3, 0.4) is 0 Å². The van der Waals surface area contributed by atoms with Crippen molar-refractivity contribution in [1.82, 2.24) is 19.6 Å². The van der Waals surface area contributed by atoms with Crippen LogP contribution in [-0.2, 0) is 7.05 Å². The monoisotopic (exact) mass is 418 g/mol. The van der Waals surface area contributed by atoms with Gasteiger partial charge in [-0.2, -0.15) is 14.9 Å². The molecular weight excluding hydrogens is 399 g/mol. The van der Waals surface area contributed by atoms with Crippen LogP contribution < -0.4 is 15.8 Å². The molecule has 9 heteroatoms. The molecule has 1 fully saturated rings. The van der Waals surface area contributed by atoms with Gasteiger partial charge in [-0.15, -0.1) is 0 Å². The second kappa shape index (κ2) is 7.85. The van der Waals surface area contributed by atoms with Gasteiger partial charge in [-0.05, 0) is 37.1 Å². The Morgan fingerprint density at radius 2 is 1.89 bits per heavy atom. The van der Waals surface area contributed by atoms with Crippen molar-refractivity contribution in [2.45, 2.75) is 18.9 Å². The van der Waals surface area contributed by atoms with Crippen molar-refractivity contribution in [3.05, 3.63) is 63.3 Å². The summed E-state index contributed by atoms with van der Waals surface area (Å²) in [5, 5.41) is 12.6. The Bertz CT molecular complexity index is 1030. The smallest absolute Gasteiger partial charge is 0.292 e. The molecule has 0 spiro atoms. The van der Waals surface area contributed by atoms with Gasteiger partial charge in [0.1, 0.15) is 5.02 Å². The molecule has 0 aliphatic carbocycles. The fourth-order valence-electron chi connectivity index (χ4n) is 3.42. The summed E-state index contributed by atoms with van der Waals surface area (Å²) in [5.41, 5.74) is 1.89. The third kappa shape index (κ3) is 3.86. The molecule has 1 aromatic carbocycles. The molecule has 1 saturated heterocycles. The van der Waals surface area contributed by atoms with E-state index in [1.54, 1.807) is 35.1 Å². The van der Waals surface area contributed by atoms with Gasteiger partial charge >= 0.3 is 0 Å². The van der Waals surface area contributed by atoms with Crippen LogP contribution in [0.4, 0.5) is 11.4 Å². The lowest BCUT2D eigenvalue weighted by Crippen LogP contribution is -2.42. The highest BCUT2D eigenvalue weighted by Crippen LogP contribution is 2.24. The van der Waals surface area contributed by atoms with E-state index in [9.17, 15) is 4.79 Å². The average molecular weight is 419 g/mol. The number of halogens is 2. The van der Waals surface area contributed by atoms with Gasteiger partial charge in [0.2, 0.25) is 0 Å². The van der Waals surface area contributed by atoms with E-state index in [0.717, 1.165) is 31.6 Å². The maximum atomic E-state index is 12.7. The molecule has 7 nitrogen and oxygen atoms in total. The number of aromatic nitrogens is 4. The van der Waals surface area contributed by atoms with E-state index >= 15 is 0 Å². The lowest BCUT2D eigenvalue weighted by molar-refractivity contribution is 0.529. The molecule has 1 N–H and O–H groups in total. The number of nitrogens with one attached hydrogen (secondary N) is 1.